The summed E-state index contributed by atoms with van der Waals surface area (Å²) < 4.78 is 1.11. The Hall–Kier alpha value is -0.320. The molecule has 0 bridgehead atoms. The molecule has 1 atom stereocenters. The van der Waals surface area contributed by atoms with Crippen molar-refractivity contribution in [3.8, 4) is 0 Å². The first-order valence-electron chi connectivity index (χ1n) is 5.53. The average Bonchev–Trinajstić information content (AvgIpc) is 2.95. The highest BCUT2D eigenvalue weighted by atomic mass is 79.9. The van der Waals surface area contributed by atoms with Gasteiger partial charge in [-0.1, -0.05) is 0 Å². The quantitative estimate of drug-likeness (QED) is 0.741. The van der Waals surface area contributed by atoms with Gasteiger partial charge in [-0.15, -0.1) is 0 Å². The molecule has 1 heterocycles. The van der Waals surface area contributed by atoms with Crippen molar-refractivity contribution < 1.29 is 0 Å². The molecule has 1 aliphatic rings. The minimum atomic E-state index is 0.521. The Morgan fingerprint density at radius 2 is 2.40 bits per heavy atom. The molecule has 1 saturated carbocycles. The smallest absolute Gasteiger partial charge is 0.0360 e. The Morgan fingerprint density at radius 3 is 3.00 bits per heavy atom. The van der Waals surface area contributed by atoms with Crippen LogP contribution in [0.3, 0.4) is 0 Å². The van der Waals surface area contributed by atoms with E-state index in [9.17, 15) is 0 Å². The lowest BCUT2D eigenvalue weighted by atomic mass is 10.3. The summed E-state index contributed by atoms with van der Waals surface area (Å²) in [5, 5.41) is 7.00. The van der Waals surface area contributed by atoms with Crippen molar-refractivity contribution in [2.24, 2.45) is 0 Å². The third-order valence-corrected chi connectivity index (χ3v) is 3.10. The van der Waals surface area contributed by atoms with Crippen LogP contribution in [0.15, 0.2) is 16.7 Å². The van der Waals surface area contributed by atoms with Gasteiger partial charge in [0.05, 0.1) is 0 Å². The standard InChI is InChI=1S/C11H18BrN3/c1-8(5-14-10-2-3-10)13-7-11-4-9(12)6-15-11/h4,6,8,10,13-15H,2-3,5,7H2,1H3. The second kappa shape index (κ2) is 5.14. The molecule has 2 rings (SSSR count). The van der Waals surface area contributed by atoms with Crippen LogP contribution >= 0.6 is 15.9 Å². The topological polar surface area (TPSA) is 39.8 Å². The minimum absolute atomic E-state index is 0.521. The van der Waals surface area contributed by atoms with E-state index in [1.165, 1.54) is 18.5 Å². The Kier molecular flexibility index (Phi) is 3.83. The van der Waals surface area contributed by atoms with E-state index in [0.717, 1.165) is 23.6 Å². The molecule has 0 aliphatic heterocycles. The molecule has 3 nitrogen and oxygen atoms in total. The SMILES string of the molecule is CC(CNC1CC1)NCc1cc(Br)c[nH]1. The van der Waals surface area contributed by atoms with Crippen molar-refractivity contribution in [1.29, 1.82) is 0 Å². The zero-order valence-electron chi connectivity index (χ0n) is 9.02. The van der Waals surface area contributed by atoms with Crippen LogP contribution in [-0.4, -0.2) is 23.6 Å². The van der Waals surface area contributed by atoms with Gasteiger partial charge in [-0.05, 0) is 41.8 Å². The van der Waals surface area contributed by atoms with Crippen molar-refractivity contribution in [3.05, 3.63) is 22.4 Å². The number of hydrogen-bond acceptors (Lipinski definition) is 2. The Morgan fingerprint density at radius 1 is 1.60 bits per heavy atom. The zero-order valence-corrected chi connectivity index (χ0v) is 10.6. The largest absolute Gasteiger partial charge is 0.363 e. The molecule has 3 N–H and O–H groups in total. The van der Waals surface area contributed by atoms with E-state index in [1.807, 2.05) is 6.20 Å². The van der Waals surface area contributed by atoms with Gasteiger partial charge in [0.2, 0.25) is 0 Å². The molecular formula is C11H18BrN3. The third-order valence-electron chi connectivity index (χ3n) is 2.64. The summed E-state index contributed by atoms with van der Waals surface area (Å²) >= 11 is 3.43. The Labute approximate surface area is 99.2 Å². The normalized spacial score (nSPS) is 18.0. The van der Waals surface area contributed by atoms with Gasteiger partial charge >= 0.3 is 0 Å². The van der Waals surface area contributed by atoms with Crippen LogP contribution in [0, 0.1) is 0 Å². The van der Waals surface area contributed by atoms with E-state index in [1.54, 1.807) is 0 Å². The number of halogens is 1. The van der Waals surface area contributed by atoms with Gasteiger partial charge in [0, 0.05) is 41.5 Å². The molecule has 0 radical (unpaired) electrons. The van der Waals surface area contributed by atoms with Crippen LogP contribution in [0.25, 0.3) is 0 Å². The van der Waals surface area contributed by atoms with Crippen LogP contribution in [-0.2, 0) is 6.54 Å². The van der Waals surface area contributed by atoms with E-state index in [-0.39, 0.29) is 0 Å². The highest BCUT2D eigenvalue weighted by Gasteiger charge is 2.20. The maximum absolute atomic E-state index is 3.52. The van der Waals surface area contributed by atoms with E-state index in [4.69, 9.17) is 0 Å². The highest BCUT2D eigenvalue weighted by Crippen LogP contribution is 2.18. The first-order chi connectivity index (χ1) is 7.24. The van der Waals surface area contributed by atoms with Crippen molar-refractivity contribution in [2.75, 3.05) is 6.54 Å². The van der Waals surface area contributed by atoms with Crippen molar-refractivity contribution in [2.45, 2.75) is 38.4 Å². The molecule has 0 amide bonds. The van der Waals surface area contributed by atoms with Crippen LogP contribution in [0.1, 0.15) is 25.5 Å². The van der Waals surface area contributed by atoms with Crippen molar-refractivity contribution in [3.63, 3.8) is 0 Å². The fourth-order valence-corrected chi connectivity index (χ4v) is 1.89. The lowest BCUT2D eigenvalue weighted by Crippen LogP contribution is -2.36. The first kappa shape index (κ1) is 11.2. The van der Waals surface area contributed by atoms with Crippen molar-refractivity contribution >= 4 is 15.9 Å². The molecule has 1 aliphatic carbocycles. The maximum Gasteiger partial charge on any atom is 0.0360 e. The van der Waals surface area contributed by atoms with Crippen LogP contribution in [0.4, 0.5) is 0 Å². The first-order valence-corrected chi connectivity index (χ1v) is 6.33. The number of rotatable bonds is 6. The van der Waals surface area contributed by atoms with E-state index >= 15 is 0 Å². The second-order valence-corrected chi connectivity index (χ2v) is 5.22. The fourth-order valence-electron chi connectivity index (χ4n) is 1.50. The van der Waals surface area contributed by atoms with Gasteiger partial charge < -0.3 is 15.6 Å². The summed E-state index contributed by atoms with van der Waals surface area (Å²) in [5.74, 6) is 0. The van der Waals surface area contributed by atoms with Gasteiger partial charge in [-0.2, -0.15) is 0 Å². The van der Waals surface area contributed by atoms with Gasteiger partial charge in [0.1, 0.15) is 0 Å². The molecule has 0 aromatic carbocycles. The Bertz CT molecular complexity index is 307. The summed E-state index contributed by atoms with van der Waals surface area (Å²) in [6.07, 6.45) is 4.68. The Balaban J connectivity index is 1.63. The number of H-pyrrole nitrogens is 1. The molecule has 4 heteroatoms. The molecule has 1 aromatic rings. The molecule has 15 heavy (non-hydrogen) atoms. The lowest BCUT2D eigenvalue weighted by molar-refractivity contribution is 0.497. The molecule has 1 unspecified atom stereocenters. The number of nitrogens with one attached hydrogen (secondary N) is 3. The maximum atomic E-state index is 3.52. The molecule has 1 aromatic heterocycles. The zero-order chi connectivity index (χ0) is 10.7. The number of aromatic amines is 1. The van der Waals surface area contributed by atoms with Crippen LogP contribution in [0.2, 0.25) is 0 Å². The monoisotopic (exact) mass is 271 g/mol. The van der Waals surface area contributed by atoms with Crippen LogP contribution in [0.5, 0.6) is 0 Å². The van der Waals surface area contributed by atoms with Crippen LogP contribution < -0.4 is 10.6 Å². The third kappa shape index (κ3) is 3.97. The molecular weight excluding hydrogens is 254 g/mol. The average molecular weight is 272 g/mol. The lowest BCUT2D eigenvalue weighted by Gasteiger charge is -2.13. The van der Waals surface area contributed by atoms with Gasteiger partial charge in [0.15, 0.2) is 0 Å². The summed E-state index contributed by atoms with van der Waals surface area (Å²) in [5.41, 5.74) is 1.22. The predicted octanol–water partition coefficient (Wildman–Crippen LogP) is 2.01. The van der Waals surface area contributed by atoms with Gasteiger partial charge in [-0.25, -0.2) is 0 Å². The predicted molar refractivity (Wildman–Crippen MR) is 65.8 cm³/mol. The number of hydrogen-bond donors (Lipinski definition) is 3. The van der Waals surface area contributed by atoms with Gasteiger partial charge in [-0.3, -0.25) is 0 Å². The summed E-state index contributed by atoms with van der Waals surface area (Å²) in [6, 6.07) is 3.43. The number of aromatic nitrogens is 1. The summed E-state index contributed by atoms with van der Waals surface area (Å²) in [6.45, 7) is 4.18. The second-order valence-electron chi connectivity index (χ2n) is 4.31. The molecule has 84 valence electrons. The molecule has 1 fully saturated rings. The molecule has 0 spiro atoms. The van der Waals surface area contributed by atoms with Crippen molar-refractivity contribution in [1.82, 2.24) is 15.6 Å². The van der Waals surface area contributed by atoms with E-state index in [2.05, 4.69) is 44.5 Å². The van der Waals surface area contributed by atoms with E-state index < -0.39 is 0 Å². The fraction of sp³-hybridized carbons (Fsp3) is 0.636. The summed E-state index contributed by atoms with van der Waals surface area (Å²) in [7, 11) is 0. The van der Waals surface area contributed by atoms with E-state index in [0.29, 0.717) is 6.04 Å². The molecule has 0 saturated heterocycles. The summed E-state index contributed by atoms with van der Waals surface area (Å²) in [4.78, 5) is 3.21. The highest BCUT2D eigenvalue weighted by molar-refractivity contribution is 9.10. The van der Waals surface area contributed by atoms with Gasteiger partial charge in [0.25, 0.3) is 0 Å². The minimum Gasteiger partial charge on any atom is -0.363 e.